The second-order valence-electron chi connectivity index (χ2n) is 7.02. The lowest BCUT2D eigenvalue weighted by molar-refractivity contribution is -0.149. The number of hydrogen-bond donors (Lipinski definition) is 1. The molecule has 1 N–H and O–H groups in total. The number of carbonyl (C=O) groups excluding carboxylic acids is 1. The highest BCUT2D eigenvalue weighted by molar-refractivity contribution is 5.85. The molecule has 0 saturated carbocycles. The van der Waals surface area contributed by atoms with Gasteiger partial charge in [0.2, 0.25) is 5.91 Å². The summed E-state index contributed by atoms with van der Waals surface area (Å²) in [6.07, 6.45) is 2.04. The van der Waals surface area contributed by atoms with Crippen LogP contribution < -0.4 is 5.32 Å². The summed E-state index contributed by atoms with van der Waals surface area (Å²) in [4.78, 5) is 17.5. The van der Waals surface area contributed by atoms with Crippen LogP contribution in [0.1, 0.15) is 26.7 Å². The van der Waals surface area contributed by atoms with Gasteiger partial charge in [0, 0.05) is 39.8 Å². The Balaban J connectivity index is 0.00000288. The highest BCUT2D eigenvalue weighted by Gasteiger charge is 2.42. The summed E-state index contributed by atoms with van der Waals surface area (Å²) in [5, 5.41) is 3.35. The summed E-state index contributed by atoms with van der Waals surface area (Å²) in [5.41, 5.74) is -0.317. The fourth-order valence-electron chi connectivity index (χ4n) is 3.53. The number of piperazine rings is 1. The predicted octanol–water partition coefficient (Wildman–Crippen LogP) is 1.42. The normalized spacial score (nSPS) is 20.7. The van der Waals surface area contributed by atoms with Crippen LogP contribution in [0.25, 0.3) is 0 Å². The average Bonchev–Trinajstić information content (AvgIpc) is 2.56. The molecule has 0 aliphatic carbocycles. The first kappa shape index (κ1) is 24.9. The minimum atomic E-state index is -0.317. The molecule has 0 aromatic heterocycles. The molecule has 2 rings (SSSR count). The molecule has 0 bridgehead atoms. The van der Waals surface area contributed by atoms with E-state index in [2.05, 4.69) is 24.1 Å². The third kappa shape index (κ3) is 7.19. The van der Waals surface area contributed by atoms with Crippen LogP contribution in [-0.2, 0) is 14.3 Å². The monoisotopic (exact) mass is 399 g/mol. The zero-order valence-corrected chi connectivity index (χ0v) is 17.4. The van der Waals surface area contributed by atoms with E-state index in [0.717, 1.165) is 65.3 Å². The van der Waals surface area contributed by atoms with Gasteiger partial charge < -0.3 is 19.7 Å². The van der Waals surface area contributed by atoms with Crippen molar-refractivity contribution >= 4 is 30.7 Å². The van der Waals surface area contributed by atoms with Gasteiger partial charge in [-0.15, -0.1) is 24.8 Å². The third-order valence-corrected chi connectivity index (χ3v) is 4.95. The van der Waals surface area contributed by atoms with Crippen molar-refractivity contribution in [3.8, 4) is 0 Å². The van der Waals surface area contributed by atoms with Gasteiger partial charge in [-0.05, 0) is 39.8 Å². The number of ether oxygens (including phenoxy) is 2. The highest BCUT2D eigenvalue weighted by Crippen LogP contribution is 2.32. The summed E-state index contributed by atoms with van der Waals surface area (Å²) >= 11 is 0. The number of hydrogen-bond acceptors (Lipinski definition) is 5. The Hall–Kier alpha value is -0.110. The molecule has 0 unspecified atom stereocenters. The van der Waals surface area contributed by atoms with Crippen molar-refractivity contribution in [1.82, 2.24) is 15.1 Å². The van der Waals surface area contributed by atoms with Gasteiger partial charge in [0.05, 0.1) is 24.7 Å². The Morgan fingerprint density at radius 3 is 2.24 bits per heavy atom. The minimum absolute atomic E-state index is 0. The molecule has 6 nitrogen and oxygen atoms in total. The molecule has 2 saturated heterocycles. The smallest absolute Gasteiger partial charge is 0.231 e. The SMILES string of the molecule is COCC1(C(=O)N2CCN(CCOC(C)C)CC2)CCNCC1.Cl.Cl. The molecule has 0 atom stereocenters. The van der Waals surface area contributed by atoms with Crippen LogP contribution in [0.15, 0.2) is 0 Å². The summed E-state index contributed by atoms with van der Waals surface area (Å²) in [7, 11) is 1.70. The molecule has 0 aromatic carbocycles. The Labute approximate surface area is 164 Å². The molecule has 2 aliphatic rings. The van der Waals surface area contributed by atoms with Crippen molar-refractivity contribution in [1.29, 1.82) is 0 Å². The molecule has 2 fully saturated rings. The third-order valence-electron chi connectivity index (χ3n) is 4.95. The Kier molecular flexibility index (Phi) is 12.3. The molecule has 1 amide bonds. The van der Waals surface area contributed by atoms with E-state index in [4.69, 9.17) is 9.47 Å². The Morgan fingerprint density at radius 1 is 1.12 bits per heavy atom. The Morgan fingerprint density at radius 2 is 1.72 bits per heavy atom. The number of nitrogens with one attached hydrogen (secondary N) is 1. The zero-order chi connectivity index (χ0) is 16.7. The topological polar surface area (TPSA) is 54.0 Å². The molecule has 25 heavy (non-hydrogen) atoms. The molecule has 0 aromatic rings. The maximum absolute atomic E-state index is 13.1. The molecule has 2 aliphatic heterocycles. The largest absolute Gasteiger partial charge is 0.384 e. The first-order chi connectivity index (χ1) is 11.1. The van der Waals surface area contributed by atoms with E-state index < -0.39 is 0 Å². The molecule has 0 spiro atoms. The minimum Gasteiger partial charge on any atom is -0.384 e. The second-order valence-corrected chi connectivity index (χ2v) is 7.02. The van der Waals surface area contributed by atoms with E-state index in [0.29, 0.717) is 12.5 Å². The average molecular weight is 400 g/mol. The van der Waals surface area contributed by atoms with Crippen LogP contribution in [0.4, 0.5) is 0 Å². The van der Waals surface area contributed by atoms with Crippen molar-refractivity contribution in [3.05, 3.63) is 0 Å². The van der Waals surface area contributed by atoms with E-state index in [1.165, 1.54) is 0 Å². The number of methoxy groups -OCH3 is 1. The van der Waals surface area contributed by atoms with Gasteiger partial charge in [-0.25, -0.2) is 0 Å². The van der Waals surface area contributed by atoms with Gasteiger partial charge in [-0.1, -0.05) is 0 Å². The van der Waals surface area contributed by atoms with E-state index in [1.54, 1.807) is 7.11 Å². The lowest BCUT2D eigenvalue weighted by Crippen LogP contribution is -2.56. The van der Waals surface area contributed by atoms with E-state index in [9.17, 15) is 4.79 Å². The van der Waals surface area contributed by atoms with E-state index in [-0.39, 0.29) is 36.3 Å². The van der Waals surface area contributed by atoms with Crippen molar-refractivity contribution < 1.29 is 14.3 Å². The van der Waals surface area contributed by atoms with Crippen LogP contribution in [0.3, 0.4) is 0 Å². The van der Waals surface area contributed by atoms with Gasteiger partial charge in [-0.3, -0.25) is 9.69 Å². The standard InChI is InChI=1S/C17H33N3O3.2ClH/c1-15(2)23-13-12-19-8-10-20(11-9-19)16(21)17(14-22-3)4-6-18-7-5-17;;/h15,18H,4-14H2,1-3H3;2*1H. The number of piperidine rings is 1. The van der Waals surface area contributed by atoms with Gasteiger partial charge in [0.25, 0.3) is 0 Å². The fourth-order valence-corrected chi connectivity index (χ4v) is 3.53. The summed E-state index contributed by atoms with van der Waals surface area (Å²) < 4.78 is 11.0. The zero-order valence-electron chi connectivity index (χ0n) is 15.8. The van der Waals surface area contributed by atoms with Crippen molar-refractivity contribution in [3.63, 3.8) is 0 Å². The van der Waals surface area contributed by atoms with Gasteiger partial charge in [-0.2, -0.15) is 0 Å². The quantitative estimate of drug-likeness (QED) is 0.701. The maximum Gasteiger partial charge on any atom is 0.231 e. The van der Waals surface area contributed by atoms with Crippen LogP contribution >= 0.6 is 24.8 Å². The molecule has 2 heterocycles. The first-order valence-electron chi connectivity index (χ1n) is 8.90. The Bertz CT molecular complexity index is 367. The second kappa shape index (κ2) is 12.3. The molecule has 150 valence electrons. The van der Waals surface area contributed by atoms with E-state index >= 15 is 0 Å². The van der Waals surface area contributed by atoms with E-state index in [1.807, 2.05) is 4.90 Å². The summed E-state index contributed by atoms with van der Waals surface area (Å²) in [6, 6.07) is 0. The van der Waals surface area contributed by atoms with Crippen LogP contribution in [0.5, 0.6) is 0 Å². The number of halogens is 2. The lowest BCUT2D eigenvalue weighted by atomic mass is 9.78. The number of nitrogens with zero attached hydrogens (tertiary/aromatic N) is 2. The van der Waals surface area contributed by atoms with Crippen molar-refractivity contribution in [2.24, 2.45) is 5.41 Å². The first-order valence-corrected chi connectivity index (χ1v) is 8.90. The van der Waals surface area contributed by atoms with Crippen LogP contribution in [0.2, 0.25) is 0 Å². The van der Waals surface area contributed by atoms with Gasteiger partial charge in [0.1, 0.15) is 0 Å². The molecule has 0 radical (unpaired) electrons. The van der Waals surface area contributed by atoms with Gasteiger partial charge in [0.15, 0.2) is 0 Å². The summed E-state index contributed by atoms with van der Waals surface area (Å²) in [5.74, 6) is 0.291. The van der Waals surface area contributed by atoms with Crippen LogP contribution in [0, 0.1) is 5.41 Å². The highest BCUT2D eigenvalue weighted by atomic mass is 35.5. The predicted molar refractivity (Wildman–Crippen MR) is 105 cm³/mol. The summed E-state index contributed by atoms with van der Waals surface area (Å²) in [6.45, 7) is 11.7. The number of rotatable bonds is 7. The fraction of sp³-hybridized carbons (Fsp3) is 0.941. The number of carbonyl (C=O) groups is 1. The molecular weight excluding hydrogens is 365 g/mol. The maximum atomic E-state index is 13.1. The van der Waals surface area contributed by atoms with Crippen molar-refractivity contribution in [2.75, 3.05) is 66.1 Å². The van der Waals surface area contributed by atoms with Gasteiger partial charge >= 0.3 is 0 Å². The molecular formula is C17H35Cl2N3O3. The van der Waals surface area contributed by atoms with Crippen LogP contribution in [-0.4, -0.2) is 87.9 Å². The number of amides is 1. The molecule has 8 heteroatoms. The lowest BCUT2D eigenvalue weighted by Gasteiger charge is -2.42. The van der Waals surface area contributed by atoms with Crippen molar-refractivity contribution in [2.45, 2.75) is 32.8 Å².